The highest BCUT2D eigenvalue weighted by Crippen LogP contribution is 2.19. The number of ether oxygens (including phenoxy) is 1. The second-order valence-electron chi connectivity index (χ2n) is 4.67. The number of carbonyl (C=O) groups excluding carboxylic acids is 1. The summed E-state index contributed by atoms with van der Waals surface area (Å²) in [5, 5.41) is 9.69. The first-order valence-electron chi connectivity index (χ1n) is 5.46. The third kappa shape index (κ3) is 3.75. The summed E-state index contributed by atoms with van der Waals surface area (Å²) in [6.07, 6.45) is 0. The zero-order valence-electron chi connectivity index (χ0n) is 10.7. The normalized spacial score (nSPS) is 11.1. The molecule has 1 aromatic carbocycles. The Morgan fingerprint density at radius 2 is 2.00 bits per heavy atom. The van der Waals surface area contributed by atoms with Gasteiger partial charge in [-0.2, -0.15) is 0 Å². The van der Waals surface area contributed by atoms with Crippen LogP contribution in [0.5, 0.6) is 5.75 Å². The molecule has 4 nitrogen and oxygen atoms in total. The van der Waals surface area contributed by atoms with Gasteiger partial charge >= 0.3 is 0 Å². The first kappa shape index (κ1) is 13.5. The van der Waals surface area contributed by atoms with Gasteiger partial charge in [0.1, 0.15) is 5.75 Å². The van der Waals surface area contributed by atoms with Crippen molar-refractivity contribution < 1.29 is 14.6 Å². The summed E-state index contributed by atoms with van der Waals surface area (Å²) in [6.45, 7) is 3.60. The Morgan fingerprint density at radius 1 is 1.41 bits per heavy atom. The molecule has 1 aromatic rings. The Labute approximate surface area is 102 Å². The predicted molar refractivity (Wildman–Crippen MR) is 66.3 cm³/mol. The van der Waals surface area contributed by atoms with Crippen LogP contribution in [0.3, 0.4) is 0 Å². The lowest BCUT2D eigenvalue weighted by atomic mass is 10.1. The zero-order valence-corrected chi connectivity index (χ0v) is 10.7. The summed E-state index contributed by atoms with van der Waals surface area (Å²) in [4.78, 5) is 13.6. The van der Waals surface area contributed by atoms with Crippen LogP contribution in [-0.2, 0) is 0 Å². The minimum absolute atomic E-state index is 0.162. The predicted octanol–water partition coefficient (Wildman–Crippen LogP) is 1.54. The topological polar surface area (TPSA) is 49.8 Å². The standard InChI is InChI=1S/C13H19NO3/c1-13(2,16)9-14(3)12(15)10-7-5-6-8-11(10)17-4/h5-8,16H,9H2,1-4H3. The molecule has 1 amide bonds. The van der Waals surface area contributed by atoms with Crippen molar-refractivity contribution >= 4 is 5.91 Å². The molecule has 1 rings (SSSR count). The summed E-state index contributed by atoms with van der Waals surface area (Å²) in [5.74, 6) is 0.379. The van der Waals surface area contributed by atoms with Gasteiger partial charge in [0.15, 0.2) is 0 Å². The number of methoxy groups -OCH3 is 1. The van der Waals surface area contributed by atoms with Gasteiger partial charge in [-0.15, -0.1) is 0 Å². The molecule has 0 fully saturated rings. The van der Waals surface area contributed by atoms with E-state index in [2.05, 4.69) is 0 Å². The van der Waals surface area contributed by atoms with Gasteiger partial charge in [0.2, 0.25) is 0 Å². The lowest BCUT2D eigenvalue weighted by Crippen LogP contribution is -2.39. The summed E-state index contributed by atoms with van der Waals surface area (Å²) in [7, 11) is 3.19. The van der Waals surface area contributed by atoms with Crippen molar-refractivity contribution in [1.29, 1.82) is 0 Å². The van der Waals surface area contributed by atoms with Crippen molar-refractivity contribution in [3.05, 3.63) is 29.8 Å². The maximum absolute atomic E-state index is 12.1. The van der Waals surface area contributed by atoms with Crippen molar-refractivity contribution in [3.8, 4) is 5.75 Å². The summed E-state index contributed by atoms with van der Waals surface area (Å²) >= 11 is 0. The number of rotatable bonds is 4. The molecule has 0 saturated carbocycles. The van der Waals surface area contributed by atoms with Crippen molar-refractivity contribution in [3.63, 3.8) is 0 Å². The second kappa shape index (κ2) is 5.19. The van der Waals surface area contributed by atoms with Crippen molar-refractivity contribution in [2.45, 2.75) is 19.4 Å². The van der Waals surface area contributed by atoms with Gasteiger partial charge in [0.05, 0.1) is 18.3 Å². The maximum Gasteiger partial charge on any atom is 0.257 e. The van der Waals surface area contributed by atoms with Gasteiger partial charge in [0, 0.05) is 13.6 Å². The molecule has 0 radical (unpaired) electrons. The Hall–Kier alpha value is -1.55. The van der Waals surface area contributed by atoms with Gasteiger partial charge in [-0.05, 0) is 26.0 Å². The van der Waals surface area contributed by atoms with E-state index in [0.717, 1.165) is 0 Å². The van der Waals surface area contributed by atoms with Crippen LogP contribution in [0.25, 0.3) is 0 Å². The van der Waals surface area contributed by atoms with E-state index in [4.69, 9.17) is 4.74 Å². The SMILES string of the molecule is COc1ccccc1C(=O)N(C)CC(C)(C)O. The number of hydrogen-bond donors (Lipinski definition) is 1. The highest BCUT2D eigenvalue weighted by molar-refractivity contribution is 5.96. The smallest absolute Gasteiger partial charge is 0.257 e. The zero-order chi connectivity index (χ0) is 13.1. The summed E-state index contributed by atoms with van der Waals surface area (Å²) < 4.78 is 5.14. The third-order valence-corrected chi connectivity index (χ3v) is 2.31. The van der Waals surface area contributed by atoms with Crippen LogP contribution in [0.15, 0.2) is 24.3 Å². The molecule has 0 heterocycles. The fourth-order valence-electron chi connectivity index (χ4n) is 1.68. The van der Waals surface area contributed by atoms with E-state index in [1.807, 2.05) is 6.07 Å². The Morgan fingerprint density at radius 3 is 2.53 bits per heavy atom. The molecular weight excluding hydrogens is 218 g/mol. The molecule has 0 aromatic heterocycles. The molecule has 0 saturated heterocycles. The van der Waals surface area contributed by atoms with E-state index in [9.17, 15) is 9.90 Å². The average molecular weight is 237 g/mol. The largest absolute Gasteiger partial charge is 0.496 e. The number of carbonyl (C=O) groups is 1. The minimum Gasteiger partial charge on any atom is -0.496 e. The first-order valence-corrected chi connectivity index (χ1v) is 5.46. The van der Waals surface area contributed by atoms with Crippen molar-refractivity contribution in [1.82, 2.24) is 4.90 Å². The summed E-state index contributed by atoms with van der Waals surface area (Å²) in [6, 6.07) is 7.05. The Balaban J connectivity index is 2.89. The molecule has 17 heavy (non-hydrogen) atoms. The molecule has 1 N–H and O–H groups in total. The Bertz CT molecular complexity index is 396. The monoisotopic (exact) mass is 237 g/mol. The maximum atomic E-state index is 12.1. The van der Waals surface area contributed by atoms with Crippen LogP contribution in [0.1, 0.15) is 24.2 Å². The fraction of sp³-hybridized carbons (Fsp3) is 0.462. The minimum atomic E-state index is -0.910. The number of benzene rings is 1. The van der Waals surface area contributed by atoms with Crippen molar-refractivity contribution in [2.24, 2.45) is 0 Å². The molecule has 94 valence electrons. The molecule has 0 atom stereocenters. The molecule has 0 aliphatic carbocycles. The highest BCUT2D eigenvalue weighted by Gasteiger charge is 2.22. The van der Waals surface area contributed by atoms with Crippen LogP contribution in [0.2, 0.25) is 0 Å². The molecule has 0 unspecified atom stereocenters. The summed E-state index contributed by atoms with van der Waals surface area (Å²) in [5.41, 5.74) is -0.409. The lowest BCUT2D eigenvalue weighted by Gasteiger charge is -2.26. The Kier molecular flexibility index (Phi) is 4.12. The fourth-order valence-corrected chi connectivity index (χ4v) is 1.68. The average Bonchev–Trinajstić information content (AvgIpc) is 2.25. The van der Waals surface area contributed by atoms with Gasteiger partial charge in [-0.1, -0.05) is 12.1 Å². The molecular formula is C13H19NO3. The van der Waals surface area contributed by atoms with Crippen LogP contribution >= 0.6 is 0 Å². The highest BCUT2D eigenvalue weighted by atomic mass is 16.5. The van der Waals surface area contributed by atoms with Crippen LogP contribution in [-0.4, -0.2) is 42.2 Å². The van der Waals surface area contributed by atoms with E-state index < -0.39 is 5.60 Å². The van der Waals surface area contributed by atoms with Crippen LogP contribution in [0, 0.1) is 0 Å². The van der Waals surface area contributed by atoms with Gasteiger partial charge < -0.3 is 14.7 Å². The van der Waals surface area contributed by atoms with Crippen molar-refractivity contribution in [2.75, 3.05) is 20.7 Å². The molecule has 0 bridgehead atoms. The molecule has 4 heteroatoms. The van der Waals surface area contributed by atoms with Gasteiger partial charge in [0.25, 0.3) is 5.91 Å². The van der Waals surface area contributed by atoms with E-state index in [1.165, 1.54) is 12.0 Å². The molecule has 0 aliphatic rings. The third-order valence-electron chi connectivity index (χ3n) is 2.31. The molecule has 0 spiro atoms. The number of amides is 1. The number of hydrogen-bond acceptors (Lipinski definition) is 3. The van der Waals surface area contributed by atoms with Crippen LogP contribution in [0.4, 0.5) is 0 Å². The second-order valence-corrected chi connectivity index (χ2v) is 4.67. The first-order chi connectivity index (χ1) is 7.85. The number of para-hydroxylation sites is 1. The number of nitrogens with zero attached hydrogens (tertiary/aromatic N) is 1. The quantitative estimate of drug-likeness (QED) is 0.864. The number of likely N-dealkylation sites (N-methyl/N-ethyl adjacent to an activating group) is 1. The lowest BCUT2D eigenvalue weighted by molar-refractivity contribution is 0.0366. The van der Waals surface area contributed by atoms with E-state index in [1.54, 1.807) is 39.1 Å². The van der Waals surface area contributed by atoms with Gasteiger partial charge in [-0.3, -0.25) is 4.79 Å². The van der Waals surface area contributed by atoms with E-state index in [-0.39, 0.29) is 12.5 Å². The van der Waals surface area contributed by atoms with Crippen LogP contribution < -0.4 is 4.74 Å². The molecule has 0 aliphatic heterocycles. The van der Waals surface area contributed by atoms with E-state index >= 15 is 0 Å². The van der Waals surface area contributed by atoms with Gasteiger partial charge in [-0.25, -0.2) is 0 Å². The van der Waals surface area contributed by atoms with E-state index in [0.29, 0.717) is 11.3 Å². The number of aliphatic hydroxyl groups is 1.